The normalized spacial score (nSPS) is 56.9. The Morgan fingerprint density at radius 3 is 1.91 bits per heavy atom. The minimum Gasteiger partial charge on any atom is -0.481 e. The van der Waals surface area contributed by atoms with E-state index in [4.69, 9.17) is 18.9 Å². The number of carbonyl (C=O) groups is 1. The Balaban J connectivity index is 1.17. The number of rotatable bonds is 8. The molecule has 0 aromatic heterocycles. The van der Waals surface area contributed by atoms with Gasteiger partial charge in [0.2, 0.25) is 0 Å². The Labute approximate surface area is 339 Å². The molecule has 22 atom stereocenters. The summed E-state index contributed by atoms with van der Waals surface area (Å²) in [6.07, 6.45) is -11.2. The summed E-state index contributed by atoms with van der Waals surface area (Å²) in [4.78, 5) is 13.5. The first-order chi connectivity index (χ1) is 27.0. The van der Waals surface area contributed by atoms with Crippen LogP contribution in [0.2, 0.25) is 0 Å². The van der Waals surface area contributed by atoms with Gasteiger partial charge in [-0.25, -0.2) is 0 Å². The molecule has 16 nitrogen and oxygen atoms in total. The lowest BCUT2D eigenvalue weighted by Crippen LogP contribution is -2.71. The maximum atomic E-state index is 13.5. The third-order valence-corrected chi connectivity index (χ3v) is 17.6. The topological polar surface area (TPSA) is 277 Å². The zero-order chi connectivity index (χ0) is 42.7. The molecule has 0 aromatic rings. The van der Waals surface area contributed by atoms with Crippen molar-refractivity contribution in [2.45, 2.75) is 173 Å². The number of fused-ring (bicyclic) bond motifs is 7. The molecule has 0 amide bonds. The van der Waals surface area contributed by atoms with Crippen LogP contribution in [-0.2, 0) is 23.7 Å². The van der Waals surface area contributed by atoms with Crippen LogP contribution < -0.4 is 0 Å². The maximum absolute atomic E-state index is 13.5. The van der Waals surface area contributed by atoms with Gasteiger partial charge in [-0.1, -0.05) is 46.3 Å². The molecule has 7 aliphatic rings. The molecule has 2 heterocycles. The smallest absolute Gasteiger partial charge is 0.312 e. The van der Waals surface area contributed by atoms with Crippen LogP contribution >= 0.6 is 0 Å². The van der Waals surface area contributed by atoms with Crippen molar-refractivity contribution in [2.24, 2.45) is 50.2 Å². The molecule has 2 aliphatic heterocycles. The fraction of sp³-hybridized carbons (Fsp3) is 0.929. The highest BCUT2D eigenvalue weighted by molar-refractivity contribution is 5.76. The fourth-order valence-electron chi connectivity index (χ4n) is 13.8. The van der Waals surface area contributed by atoms with Crippen LogP contribution in [0.5, 0.6) is 0 Å². The Morgan fingerprint density at radius 2 is 1.33 bits per heavy atom. The second-order valence-corrected chi connectivity index (χ2v) is 20.7. The monoisotopic (exact) mass is 828 g/mol. The molecule has 7 rings (SSSR count). The second-order valence-electron chi connectivity index (χ2n) is 20.7. The lowest BCUT2D eigenvalue weighted by atomic mass is 9.33. The summed E-state index contributed by atoms with van der Waals surface area (Å²) in [5.74, 6) is -2.16. The number of allylic oxidation sites excluding steroid dienone is 2. The third kappa shape index (κ3) is 6.41. The SMILES string of the molecule is C[C@@]1(CO[C@@H]2O[C@H](CO)[C@@H](O)[C@H](O)[C@H]2O)CC[C@@]2(C)[C@H](C1)C1=CC[C@H]3[C@@]4(C)CC[C@H](O[C@@H]5O[C@H](CO)[C@@H](O)[C@H](O)[C@H]5O)[C@@](C)(C(=O)O)[C@H]4[C@H](O)C[C@@]3(C)[C@]1(C)C[C@@H]2O. The summed E-state index contributed by atoms with van der Waals surface area (Å²) in [6, 6.07) is 0. The molecule has 332 valence electrons. The van der Waals surface area contributed by atoms with Crippen molar-refractivity contribution in [3.63, 3.8) is 0 Å². The van der Waals surface area contributed by atoms with Crippen molar-refractivity contribution >= 4 is 5.97 Å². The van der Waals surface area contributed by atoms with Crippen LogP contribution in [0.3, 0.4) is 0 Å². The van der Waals surface area contributed by atoms with Crippen LogP contribution in [-0.4, -0.2) is 162 Å². The Bertz CT molecular complexity index is 1580. The zero-order valence-electron chi connectivity index (χ0n) is 34.6. The van der Waals surface area contributed by atoms with E-state index in [0.717, 1.165) is 0 Å². The quantitative estimate of drug-likeness (QED) is 0.112. The van der Waals surface area contributed by atoms with Crippen molar-refractivity contribution in [3.05, 3.63) is 11.6 Å². The van der Waals surface area contributed by atoms with Crippen molar-refractivity contribution in [2.75, 3.05) is 19.8 Å². The number of carboxylic acid groups (broad SMARTS) is 1. The van der Waals surface area contributed by atoms with E-state index < -0.39 is 137 Å². The average molecular weight is 829 g/mol. The van der Waals surface area contributed by atoms with Gasteiger partial charge in [0.05, 0.1) is 43.5 Å². The van der Waals surface area contributed by atoms with E-state index >= 15 is 0 Å². The Morgan fingerprint density at radius 1 is 0.741 bits per heavy atom. The summed E-state index contributed by atoms with van der Waals surface area (Å²) in [7, 11) is 0. The molecule has 0 radical (unpaired) electrons. The molecule has 2 saturated heterocycles. The summed E-state index contributed by atoms with van der Waals surface area (Å²) >= 11 is 0. The molecular formula is C42H68O16. The minimum atomic E-state index is -1.71. The third-order valence-electron chi connectivity index (χ3n) is 17.6. The van der Waals surface area contributed by atoms with Gasteiger partial charge >= 0.3 is 5.97 Å². The number of aliphatic hydroxyl groups excluding tert-OH is 10. The maximum Gasteiger partial charge on any atom is 0.312 e. The first-order valence-corrected chi connectivity index (χ1v) is 21.2. The van der Waals surface area contributed by atoms with Crippen LogP contribution in [0.25, 0.3) is 0 Å². The average Bonchev–Trinajstić information content (AvgIpc) is 3.16. The van der Waals surface area contributed by atoms with Crippen molar-refractivity contribution in [3.8, 4) is 0 Å². The number of aliphatic hydroxyl groups is 10. The molecule has 0 spiro atoms. The van der Waals surface area contributed by atoms with Crippen LogP contribution in [0.1, 0.15) is 92.9 Å². The Hall–Kier alpha value is -1.35. The summed E-state index contributed by atoms with van der Waals surface area (Å²) in [5.41, 5.74) is -3.24. The molecule has 5 aliphatic carbocycles. The van der Waals surface area contributed by atoms with Gasteiger partial charge in [0.15, 0.2) is 12.6 Å². The van der Waals surface area contributed by atoms with E-state index in [-0.39, 0.29) is 31.3 Å². The van der Waals surface area contributed by atoms with Crippen molar-refractivity contribution in [1.82, 2.24) is 0 Å². The largest absolute Gasteiger partial charge is 0.481 e. The number of ether oxygens (including phenoxy) is 4. The number of aliphatic carboxylic acids is 1. The lowest BCUT2D eigenvalue weighted by Gasteiger charge is -2.72. The van der Waals surface area contributed by atoms with Crippen LogP contribution in [0, 0.1) is 50.2 Å². The predicted octanol–water partition coefficient (Wildman–Crippen LogP) is -0.204. The van der Waals surface area contributed by atoms with Crippen molar-refractivity contribution < 1.29 is 79.9 Å². The van der Waals surface area contributed by atoms with E-state index in [1.165, 1.54) is 5.57 Å². The predicted molar refractivity (Wildman–Crippen MR) is 202 cm³/mol. The molecule has 0 bridgehead atoms. The number of hydrogen-bond donors (Lipinski definition) is 11. The highest BCUT2D eigenvalue weighted by atomic mass is 16.7. The highest BCUT2D eigenvalue weighted by Gasteiger charge is 2.73. The molecule has 11 N–H and O–H groups in total. The Kier molecular flexibility index (Phi) is 11.7. The molecule has 58 heavy (non-hydrogen) atoms. The molecule has 6 fully saturated rings. The zero-order valence-corrected chi connectivity index (χ0v) is 34.6. The van der Waals surface area contributed by atoms with Gasteiger partial charge in [-0.2, -0.15) is 0 Å². The molecule has 0 unspecified atom stereocenters. The van der Waals surface area contributed by atoms with Gasteiger partial charge in [-0.3, -0.25) is 4.79 Å². The van der Waals surface area contributed by atoms with Crippen molar-refractivity contribution in [1.29, 1.82) is 0 Å². The van der Waals surface area contributed by atoms with Gasteiger partial charge in [0, 0.05) is 11.3 Å². The molecule has 0 aromatic carbocycles. The van der Waals surface area contributed by atoms with Crippen LogP contribution in [0.4, 0.5) is 0 Å². The standard InChI is InChI=1S/C42H68O16/c1-37(18-55-34-31(51)29(49)27(47)22(16-43)56-34)11-12-38(2)20(13-37)19-7-8-24-39(3)10-9-26(58-35-32(52)30(50)28(48)23(17-44)57-35)42(6,36(53)54)33(39)21(45)14-41(24,5)40(19,4)15-25(38)46/h7,20-35,43-52H,8-18H2,1-6H3,(H,53,54)/t20-,21-,22-,23-,24+,25+,26+,27-,28-,29+,30+,31-,32-,33+,34-,35+,37-,38+,39-,40-,41-,42-/m1/s1. The van der Waals surface area contributed by atoms with E-state index in [9.17, 15) is 61.0 Å². The highest BCUT2D eigenvalue weighted by Crippen LogP contribution is 2.76. The van der Waals surface area contributed by atoms with Crippen LogP contribution in [0.15, 0.2) is 11.6 Å². The molecule has 16 heteroatoms. The van der Waals surface area contributed by atoms with Gasteiger partial charge < -0.3 is 75.1 Å². The van der Waals surface area contributed by atoms with Gasteiger partial charge in [0.25, 0.3) is 0 Å². The van der Waals surface area contributed by atoms with Gasteiger partial charge in [-0.05, 0) is 91.8 Å². The fourth-order valence-corrected chi connectivity index (χ4v) is 13.8. The summed E-state index contributed by atoms with van der Waals surface area (Å²) in [6.45, 7) is 11.2. The van der Waals surface area contributed by atoms with E-state index in [1.807, 2.05) is 0 Å². The van der Waals surface area contributed by atoms with E-state index in [0.29, 0.717) is 38.5 Å². The number of carboxylic acids is 1. The van der Waals surface area contributed by atoms with Gasteiger partial charge in [0.1, 0.15) is 48.8 Å². The molecular weight excluding hydrogens is 760 g/mol. The second kappa shape index (κ2) is 15.2. The first-order valence-electron chi connectivity index (χ1n) is 21.2. The van der Waals surface area contributed by atoms with E-state index in [2.05, 4.69) is 40.7 Å². The first kappa shape index (κ1) is 44.7. The van der Waals surface area contributed by atoms with E-state index in [1.54, 1.807) is 6.92 Å². The van der Waals surface area contributed by atoms with Gasteiger partial charge in [-0.15, -0.1) is 0 Å². The lowest BCUT2D eigenvalue weighted by molar-refractivity contribution is -0.333. The number of hydrogen-bond acceptors (Lipinski definition) is 15. The molecule has 4 saturated carbocycles. The minimum absolute atomic E-state index is 0.0780. The summed E-state index contributed by atoms with van der Waals surface area (Å²) in [5, 5.41) is 118. The summed E-state index contributed by atoms with van der Waals surface area (Å²) < 4.78 is 23.6.